The van der Waals surface area contributed by atoms with Crippen molar-refractivity contribution in [3.63, 3.8) is 0 Å². The molecule has 2 heterocycles. The summed E-state index contributed by atoms with van der Waals surface area (Å²) in [4.78, 5) is 14.3. The number of urea groups is 1. The molecule has 3 aromatic rings. The van der Waals surface area contributed by atoms with Crippen LogP contribution >= 0.6 is 0 Å². The van der Waals surface area contributed by atoms with Gasteiger partial charge < -0.3 is 15.0 Å². The first-order valence-corrected chi connectivity index (χ1v) is 10.1. The minimum atomic E-state index is -0.277. The molecule has 6 nitrogen and oxygen atoms in total. The number of piperidine rings is 1. The summed E-state index contributed by atoms with van der Waals surface area (Å²) in [6.07, 6.45) is 1.76. The maximum absolute atomic E-state index is 13.0. The van der Waals surface area contributed by atoms with Gasteiger partial charge in [0.15, 0.2) is 0 Å². The van der Waals surface area contributed by atoms with Crippen LogP contribution < -0.4 is 10.1 Å². The molecule has 0 radical (unpaired) electrons. The number of benzene rings is 2. The fourth-order valence-electron chi connectivity index (χ4n) is 3.76. The molecule has 7 heteroatoms. The summed E-state index contributed by atoms with van der Waals surface area (Å²) in [5, 5.41) is 10.5. The Labute approximate surface area is 175 Å². The smallest absolute Gasteiger partial charge is 0.317 e. The van der Waals surface area contributed by atoms with E-state index < -0.39 is 0 Å². The van der Waals surface area contributed by atoms with Crippen LogP contribution in [0.25, 0.3) is 11.3 Å². The SMILES string of the molecule is COc1cccc(-c2cc(C3CCN(C(=O)NCc4ccc(F)cc4)CC3)[nH]n2)c1. The Morgan fingerprint density at radius 1 is 1.20 bits per heavy atom. The number of nitrogens with one attached hydrogen (secondary N) is 2. The molecular formula is C23H25FN4O2. The Morgan fingerprint density at radius 3 is 2.70 bits per heavy atom. The first-order valence-electron chi connectivity index (χ1n) is 10.1. The number of methoxy groups -OCH3 is 1. The van der Waals surface area contributed by atoms with E-state index >= 15 is 0 Å². The van der Waals surface area contributed by atoms with Crippen molar-refractivity contribution < 1.29 is 13.9 Å². The van der Waals surface area contributed by atoms with Gasteiger partial charge in [-0.2, -0.15) is 5.10 Å². The van der Waals surface area contributed by atoms with Crippen LogP contribution in [0, 0.1) is 5.82 Å². The van der Waals surface area contributed by atoms with Crippen molar-refractivity contribution in [2.75, 3.05) is 20.2 Å². The molecule has 2 N–H and O–H groups in total. The molecule has 30 heavy (non-hydrogen) atoms. The van der Waals surface area contributed by atoms with Gasteiger partial charge in [-0.05, 0) is 48.7 Å². The molecule has 0 bridgehead atoms. The van der Waals surface area contributed by atoms with Crippen molar-refractivity contribution in [3.05, 3.63) is 71.7 Å². The topological polar surface area (TPSA) is 70.2 Å². The van der Waals surface area contributed by atoms with Crippen LogP contribution in [-0.2, 0) is 6.54 Å². The maximum Gasteiger partial charge on any atom is 0.317 e. The monoisotopic (exact) mass is 408 g/mol. The average Bonchev–Trinajstić information content (AvgIpc) is 3.29. The second-order valence-electron chi connectivity index (χ2n) is 7.49. The summed E-state index contributed by atoms with van der Waals surface area (Å²) >= 11 is 0. The number of carbonyl (C=O) groups is 1. The van der Waals surface area contributed by atoms with Crippen molar-refractivity contribution in [2.45, 2.75) is 25.3 Å². The third-order valence-corrected chi connectivity index (χ3v) is 5.54. The average molecular weight is 408 g/mol. The van der Waals surface area contributed by atoms with Crippen LogP contribution in [0.1, 0.15) is 30.0 Å². The van der Waals surface area contributed by atoms with Crippen LogP contribution in [0.4, 0.5) is 9.18 Å². The molecule has 2 amide bonds. The number of aromatic nitrogens is 2. The fourth-order valence-corrected chi connectivity index (χ4v) is 3.76. The molecule has 0 saturated carbocycles. The molecule has 1 aliphatic rings. The molecule has 4 rings (SSSR count). The van der Waals surface area contributed by atoms with Gasteiger partial charge in [0.05, 0.1) is 12.8 Å². The number of halogens is 1. The second kappa shape index (κ2) is 8.98. The van der Waals surface area contributed by atoms with Crippen molar-refractivity contribution in [1.29, 1.82) is 0 Å². The summed E-state index contributed by atoms with van der Waals surface area (Å²) in [5.74, 6) is 0.871. The van der Waals surface area contributed by atoms with E-state index in [-0.39, 0.29) is 11.8 Å². The van der Waals surface area contributed by atoms with Crippen molar-refractivity contribution in [2.24, 2.45) is 0 Å². The minimum absolute atomic E-state index is 0.0838. The zero-order valence-corrected chi connectivity index (χ0v) is 16.9. The van der Waals surface area contributed by atoms with Crippen molar-refractivity contribution >= 4 is 6.03 Å². The fraction of sp³-hybridized carbons (Fsp3) is 0.304. The molecular weight excluding hydrogens is 383 g/mol. The summed E-state index contributed by atoms with van der Waals surface area (Å²) in [5.41, 5.74) is 3.87. The number of aromatic amines is 1. The Bertz CT molecular complexity index is 994. The van der Waals surface area contributed by atoms with E-state index in [2.05, 4.69) is 21.6 Å². The Hall–Kier alpha value is -3.35. The number of likely N-dealkylation sites (tertiary alicyclic amines) is 1. The molecule has 1 saturated heterocycles. The summed E-state index contributed by atoms with van der Waals surface area (Å²) in [7, 11) is 1.65. The predicted octanol–water partition coefficient (Wildman–Crippen LogP) is 4.31. The van der Waals surface area contributed by atoms with Gasteiger partial charge in [0, 0.05) is 36.8 Å². The van der Waals surface area contributed by atoms with Crippen LogP contribution in [0.3, 0.4) is 0 Å². The van der Waals surface area contributed by atoms with E-state index in [9.17, 15) is 9.18 Å². The van der Waals surface area contributed by atoms with Gasteiger partial charge in [-0.3, -0.25) is 5.10 Å². The van der Waals surface area contributed by atoms with Gasteiger partial charge >= 0.3 is 6.03 Å². The van der Waals surface area contributed by atoms with Crippen LogP contribution in [0.5, 0.6) is 5.75 Å². The van der Waals surface area contributed by atoms with Crippen molar-refractivity contribution in [1.82, 2.24) is 20.4 Å². The molecule has 0 spiro atoms. The molecule has 1 fully saturated rings. The zero-order valence-electron chi connectivity index (χ0n) is 16.9. The number of nitrogens with zero attached hydrogens (tertiary/aromatic N) is 2. The Balaban J connectivity index is 1.30. The lowest BCUT2D eigenvalue weighted by molar-refractivity contribution is 0.180. The largest absolute Gasteiger partial charge is 0.497 e. The highest BCUT2D eigenvalue weighted by Crippen LogP contribution is 2.30. The van der Waals surface area contributed by atoms with Gasteiger partial charge in [0.1, 0.15) is 11.6 Å². The number of hydrogen-bond acceptors (Lipinski definition) is 3. The van der Waals surface area contributed by atoms with Crippen LogP contribution in [0.2, 0.25) is 0 Å². The lowest BCUT2D eigenvalue weighted by Crippen LogP contribution is -2.43. The van der Waals surface area contributed by atoms with Crippen LogP contribution in [-0.4, -0.2) is 41.3 Å². The molecule has 0 atom stereocenters. The van der Waals surface area contributed by atoms with E-state index in [1.54, 1.807) is 19.2 Å². The standard InChI is InChI=1S/C23H25FN4O2/c1-30-20-4-2-3-18(13-20)22-14-21(26-27-22)17-9-11-28(12-10-17)23(29)25-15-16-5-7-19(24)8-6-16/h2-8,13-14,17H,9-12,15H2,1H3,(H,25,29)(H,26,27). The Kier molecular flexibility index (Phi) is 5.97. The summed E-state index contributed by atoms with van der Waals surface area (Å²) in [6, 6.07) is 16.0. The lowest BCUT2D eigenvalue weighted by Gasteiger charge is -2.31. The Morgan fingerprint density at radius 2 is 1.97 bits per heavy atom. The van der Waals surface area contributed by atoms with Gasteiger partial charge in [0.2, 0.25) is 0 Å². The first-order chi connectivity index (χ1) is 14.6. The number of H-pyrrole nitrogens is 1. The normalized spacial score (nSPS) is 14.5. The number of amides is 2. The molecule has 0 aliphatic carbocycles. The second-order valence-corrected chi connectivity index (χ2v) is 7.49. The van der Waals surface area contributed by atoms with E-state index in [1.807, 2.05) is 29.2 Å². The number of rotatable bonds is 5. The van der Waals surface area contributed by atoms with Gasteiger partial charge in [-0.15, -0.1) is 0 Å². The molecule has 0 unspecified atom stereocenters. The first kappa shape index (κ1) is 19.9. The molecule has 156 valence electrons. The van der Waals surface area contributed by atoms with Gasteiger partial charge in [-0.1, -0.05) is 24.3 Å². The number of ether oxygens (including phenoxy) is 1. The van der Waals surface area contributed by atoms with Gasteiger partial charge in [0.25, 0.3) is 0 Å². The zero-order chi connectivity index (χ0) is 20.9. The number of hydrogen-bond donors (Lipinski definition) is 2. The highest BCUT2D eigenvalue weighted by molar-refractivity contribution is 5.74. The molecule has 1 aromatic heterocycles. The number of carbonyl (C=O) groups excluding carboxylic acids is 1. The molecule has 1 aliphatic heterocycles. The summed E-state index contributed by atoms with van der Waals surface area (Å²) < 4.78 is 18.3. The van der Waals surface area contributed by atoms with E-state index in [1.165, 1.54) is 12.1 Å². The lowest BCUT2D eigenvalue weighted by atomic mass is 9.93. The summed E-state index contributed by atoms with van der Waals surface area (Å²) in [6.45, 7) is 1.77. The van der Waals surface area contributed by atoms with Gasteiger partial charge in [-0.25, -0.2) is 9.18 Å². The molecule has 2 aromatic carbocycles. The minimum Gasteiger partial charge on any atom is -0.497 e. The van der Waals surface area contributed by atoms with E-state index in [0.29, 0.717) is 25.6 Å². The van der Waals surface area contributed by atoms with Crippen LogP contribution in [0.15, 0.2) is 54.6 Å². The van der Waals surface area contributed by atoms with E-state index in [4.69, 9.17) is 4.74 Å². The van der Waals surface area contributed by atoms with Crippen molar-refractivity contribution in [3.8, 4) is 17.0 Å². The third kappa shape index (κ3) is 4.62. The highest BCUT2D eigenvalue weighted by Gasteiger charge is 2.25. The quantitative estimate of drug-likeness (QED) is 0.661. The van der Waals surface area contributed by atoms with E-state index in [0.717, 1.165) is 41.1 Å². The predicted molar refractivity (Wildman–Crippen MR) is 113 cm³/mol. The third-order valence-electron chi connectivity index (χ3n) is 5.54. The maximum atomic E-state index is 13.0. The highest BCUT2D eigenvalue weighted by atomic mass is 19.1.